The van der Waals surface area contributed by atoms with Gasteiger partial charge < -0.3 is 5.32 Å². The van der Waals surface area contributed by atoms with Crippen LogP contribution in [-0.4, -0.2) is 29.2 Å². The fraction of sp³-hybridized carbons (Fsp3) is 0.208. The third-order valence-corrected chi connectivity index (χ3v) is 5.59. The molecule has 0 aliphatic carbocycles. The lowest BCUT2D eigenvalue weighted by Crippen LogP contribution is -2.41. The van der Waals surface area contributed by atoms with Crippen LogP contribution in [0.15, 0.2) is 66.7 Å². The summed E-state index contributed by atoms with van der Waals surface area (Å²) in [6.07, 6.45) is 0.880. The van der Waals surface area contributed by atoms with Gasteiger partial charge in [-0.2, -0.15) is 0 Å². The first kappa shape index (κ1) is 18.9. The van der Waals surface area contributed by atoms with Crippen LogP contribution in [0.3, 0.4) is 0 Å². The van der Waals surface area contributed by atoms with Crippen LogP contribution in [0.1, 0.15) is 35.3 Å². The van der Waals surface area contributed by atoms with Crippen LogP contribution in [0.5, 0.6) is 0 Å². The van der Waals surface area contributed by atoms with E-state index in [-0.39, 0.29) is 12.3 Å². The predicted molar refractivity (Wildman–Crippen MR) is 112 cm³/mol. The van der Waals surface area contributed by atoms with Crippen molar-refractivity contribution in [1.29, 1.82) is 0 Å². The van der Waals surface area contributed by atoms with Crippen LogP contribution in [0.4, 0.5) is 4.79 Å². The normalized spacial score (nSPS) is 18.9. The highest BCUT2D eigenvalue weighted by atomic mass is 16.2. The maximum atomic E-state index is 13.2. The molecule has 0 unspecified atom stereocenters. The van der Waals surface area contributed by atoms with E-state index in [0.717, 1.165) is 33.2 Å². The third-order valence-electron chi connectivity index (χ3n) is 5.59. The van der Waals surface area contributed by atoms with Gasteiger partial charge in [-0.1, -0.05) is 73.7 Å². The first-order valence-corrected chi connectivity index (χ1v) is 9.68. The largest absolute Gasteiger partial charge is 0.325 e. The summed E-state index contributed by atoms with van der Waals surface area (Å²) in [5.41, 5.74) is 1.11. The predicted octanol–water partition coefficient (Wildman–Crippen LogP) is 4.05. The molecule has 3 aromatic carbocycles. The van der Waals surface area contributed by atoms with Gasteiger partial charge in [-0.05, 0) is 35.2 Å². The standard InChI is InChI=1S/C24H22N2O3/c1-3-16-11-13-18(14-12-16)21(27)15-26-22(28)24(2,25-23(26)29)20-10-6-8-17-7-4-5-9-19(17)20/h4-14H,3,15H2,1-2H3,(H,25,29)/t24-/m1/s1. The van der Waals surface area contributed by atoms with E-state index in [1.54, 1.807) is 19.1 Å². The van der Waals surface area contributed by atoms with E-state index >= 15 is 0 Å². The van der Waals surface area contributed by atoms with E-state index < -0.39 is 17.5 Å². The zero-order valence-electron chi connectivity index (χ0n) is 16.4. The van der Waals surface area contributed by atoms with Gasteiger partial charge in [0.15, 0.2) is 5.78 Å². The highest BCUT2D eigenvalue weighted by Crippen LogP contribution is 2.33. The Morgan fingerprint density at radius 3 is 2.38 bits per heavy atom. The first-order valence-electron chi connectivity index (χ1n) is 9.68. The number of Topliss-reactive ketones (excluding diaryl/α,β-unsaturated/α-hetero) is 1. The van der Waals surface area contributed by atoms with E-state index in [2.05, 4.69) is 5.32 Å². The lowest BCUT2D eigenvalue weighted by atomic mass is 9.88. The number of hydrogen-bond donors (Lipinski definition) is 1. The molecular formula is C24H22N2O3. The number of ketones is 1. The van der Waals surface area contributed by atoms with Crippen LogP contribution < -0.4 is 5.32 Å². The smallest absolute Gasteiger partial charge is 0.319 e. The molecule has 29 heavy (non-hydrogen) atoms. The van der Waals surface area contributed by atoms with Crippen molar-refractivity contribution in [2.45, 2.75) is 25.8 Å². The van der Waals surface area contributed by atoms with E-state index in [0.29, 0.717) is 5.56 Å². The second kappa shape index (κ2) is 7.17. The van der Waals surface area contributed by atoms with Gasteiger partial charge in [-0.25, -0.2) is 4.79 Å². The molecule has 5 heteroatoms. The Hall–Kier alpha value is -3.47. The Labute approximate surface area is 169 Å². The molecule has 1 aliphatic heterocycles. The number of aryl methyl sites for hydroxylation is 1. The fourth-order valence-corrected chi connectivity index (χ4v) is 3.85. The third kappa shape index (κ3) is 3.18. The molecule has 3 aromatic rings. The molecule has 1 aliphatic rings. The highest BCUT2D eigenvalue weighted by Gasteiger charge is 2.50. The van der Waals surface area contributed by atoms with Crippen molar-refractivity contribution < 1.29 is 14.4 Å². The van der Waals surface area contributed by atoms with Crippen LogP contribution >= 0.6 is 0 Å². The Morgan fingerprint density at radius 2 is 1.66 bits per heavy atom. The van der Waals surface area contributed by atoms with Crippen molar-refractivity contribution in [3.63, 3.8) is 0 Å². The Balaban J connectivity index is 1.63. The van der Waals surface area contributed by atoms with Gasteiger partial charge in [0.1, 0.15) is 5.54 Å². The van der Waals surface area contributed by atoms with Gasteiger partial charge >= 0.3 is 6.03 Å². The first-order chi connectivity index (χ1) is 13.9. The molecular weight excluding hydrogens is 364 g/mol. The number of fused-ring (bicyclic) bond motifs is 1. The second-order valence-electron chi connectivity index (χ2n) is 7.45. The average molecular weight is 386 g/mol. The monoisotopic (exact) mass is 386 g/mol. The average Bonchev–Trinajstić information content (AvgIpc) is 2.97. The molecule has 4 rings (SSSR count). The number of rotatable bonds is 5. The number of nitrogens with one attached hydrogen (secondary N) is 1. The molecule has 1 atom stereocenters. The molecule has 1 fully saturated rings. The fourth-order valence-electron chi connectivity index (χ4n) is 3.85. The zero-order chi connectivity index (χ0) is 20.6. The number of carbonyl (C=O) groups excluding carboxylic acids is 3. The minimum absolute atomic E-state index is 0.265. The molecule has 1 saturated heterocycles. The number of nitrogens with zero attached hydrogens (tertiary/aromatic N) is 1. The number of amides is 3. The quantitative estimate of drug-likeness (QED) is 0.531. The molecule has 1 heterocycles. The van der Waals surface area contributed by atoms with Crippen molar-refractivity contribution in [3.05, 3.63) is 83.4 Å². The van der Waals surface area contributed by atoms with Gasteiger partial charge in [0.2, 0.25) is 0 Å². The second-order valence-corrected chi connectivity index (χ2v) is 7.45. The minimum Gasteiger partial charge on any atom is -0.319 e. The van der Waals surface area contributed by atoms with Crippen LogP contribution in [0.2, 0.25) is 0 Å². The Bertz CT molecular complexity index is 1120. The number of hydrogen-bond acceptors (Lipinski definition) is 3. The minimum atomic E-state index is -1.22. The van der Waals surface area contributed by atoms with Crippen LogP contribution in [0, 0.1) is 0 Å². The number of imide groups is 1. The topological polar surface area (TPSA) is 66.5 Å². The van der Waals surface area contributed by atoms with Crippen molar-refractivity contribution in [2.24, 2.45) is 0 Å². The lowest BCUT2D eigenvalue weighted by Gasteiger charge is -2.24. The van der Waals surface area contributed by atoms with Crippen LogP contribution in [0.25, 0.3) is 10.8 Å². The van der Waals surface area contributed by atoms with Crippen molar-refractivity contribution in [2.75, 3.05) is 6.54 Å². The Morgan fingerprint density at radius 1 is 0.966 bits per heavy atom. The molecule has 0 spiro atoms. The maximum absolute atomic E-state index is 13.2. The molecule has 0 bridgehead atoms. The highest BCUT2D eigenvalue weighted by molar-refractivity contribution is 6.12. The maximum Gasteiger partial charge on any atom is 0.325 e. The summed E-state index contributed by atoms with van der Waals surface area (Å²) in [7, 11) is 0. The lowest BCUT2D eigenvalue weighted by molar-refractivity contribution is -0.130. The summed E-state index contributed by atoms with van der Waals surface area (Å²) in [6.45, 7) is 3.45. The Kier molecular flexibility index (Phi) is 4.66. The summed E-state index contributed by atoms with van der Waals surface area (Å²) < 4.78 is 0. The van der Waals surface area contributed by atoms with Crippen molar-refractivity contribution in [1.82, 2.24) is 10.2 Å². The van der Waals surface area contributed by atoms with E-state index in [1.807, 2.05) is 61.5 Å². The van der Waals surface area contributed by atoms with E-state index in [1.165, 1.54) is 0 Å². The molecule has 0 radical (unpaired) electrons. The van der Waals surface area contributed by atoms with Crippen molar-refractivity contribution >= 4 is 28.5 Å². The summed E-state index contributed by atoms with van der Waals surface area (Å²) in [5.74, 6) is -0.685. The number of carbonyl (C=O) groups is 3. The molecule has 3 amide bonds. The van der Waals surface area contributed by atoms with Gasteiger partial charge in [0, 0.05) is 5.56 Å². The van der Waals surface area contributed by atoms with Crippen molar-refractivity contribution in [3.8, 4) is 0 Å². The summed E-state index contributed by atoms with van der Waals surface area (Å²) >= 11 is 0. The summed E-state index contributed by atoms with van der Waals surface area (Å²) in [5, 5.41) is 4.68. The molecule has 5 nitrogen and oxygen atoms in total. The number of benzene rings is 3. The van der Waals surface area contributed by atoms with E-state index in [9.17, 15) is 14.4 Å². The SMILES string of the molecule is CCc1ccc(C(=O)CN2C(=O)N[C@](C)(c3cccc4ccccc34)C2=O)cc1. The zero-order valence-corrected chi connectivity index (χ0v) is 16.4. The molecule has 1 N–H and O–H groups in total. The van der Waals surface area contributed by atoms with E-state index in [4.69, 9.17) is 0 Å². The molecule has 0 saturated carbocycles. The molecule has 0 aromatic heterocycles. The van der Waals surface area contributed by atoms with Gasteiger partial charge in [0.05, 0.1) is 6.54 Å². The summed E-state index contributed by atoms with van der Waals surface area (Å²) in [6, 6.07) is 20.1. The van der Waals surface area contributed by atoms with Gasteiger partial charge in [-0.15, -0.1) is 0 Å². The van der Waals surface area contributed by atoms with Crippen LogP contribution in [-0.2, 0) is 16.8 Å². The summed E-state index contributed by atoms with van der Waals surface area (Å²) in [4.78, 5) is 39.5. The van der Waals surface area contributed by atoms with Gasteiger partial charge in [-0.3, -0.25) is 14.5 Å². The van der Waals surface area contributed by atoms with Gasteiger partial charge in [0.25, 0.3) is 5.91 Å². The molecule has 146 valence electrons. The number of urea groups is 1.